The molecule has 33 heavy (non-hydrogen) atoms. The van der Waals surface area contributed by atoms with Crippen molar-refractivity contribution in [3.63, 3.8) is 0 Å². The third-order valence-corrected chi connectivity index (χ3v) is 6.09. The van der Waals surface area contributed by atoms with Crippen LogP contribution >= 0.6 is 0 Å². The first-order chi connectivity index (χ1) is 15.9. The van der Waals surface area contributed by atoms with Gasteiger partial charge in [0.2, 0.25) is 5.76 Å². The summed E-state index contributed by atoms with van der Waals surface area (Å²) in [4.78, 5) is 28.7. The van der Waals surface area contributed by atoms with Gasteiger partial charge in [0.15, 0.2) is 16.9 Å². The highest BCUT2D eigenvalue weighted by molar-refractivity contribution is 5.99. The van der Waals surface area contributed by atoms with Gasteiger partial charge in [0.05, 0.1) is 36.4 Å². The van der Waals surface area contributed by atoms with Crippen molar-refractivity contribution in [2.75, 3.05) is 6.61 Å². The van der Waals surface area contributed by atoms with Crippen molar-refractivity contribution in [3.05, 3.63) is 92.7 Å². The monoisotopic (exact) mass is 445 g/mol. The zero-order valence-corrected chi connectivity index (χ0v) is 18.5. The van der Waals surface area contributed by atoms with Crippen LogP contribution in [0.2, 0.25) is 0 Å². The second kappa shape index (κ2) is 7.85. The molecule has 0 spiro atoms. The first kappa shape index (κ1) is 20.9. The van der Waals surface area contributed by atoms with Crippen LogP contribution in [-0.4, -0.2) is 22.5 Å². The van der Waals surface area contributed by atoms with Gasteiger partial charge in [0.1, 0.15) is 11.3 Å². The average Bonchev–Trinajstić information content (AvgIpc) is 3.39. The van der Waals surface area contributed by atoms with Crippen LogP contribution in [0.25, 0.3) is 11.0 Å². The number of aromatic hydroxyl groups is 1. The van der Waals surface area contributed by atoms with Gasteiger partial charge in [-0.3, -0.25) is 9.59 Å². The van der Waals surface area contributed by atoms with Gasteiger partial charge in [-0.15, -0.1) is 0 Å². The van der Waals surface area contributed by atoms with E-state index in [9.17, 15) is 14.7 Å². The Morgan fingerprint density at radius 1 is 1.09 bits per heavy atom. The Kier molecular flexibility index (Phi) is 4.96. The van der Waals surface area contributed by atoms with Crippen molar-refractivity contribution in [2.24, 2.45) is 0 Å². The summed E-state index contributed by atoms with van der Waals surface area (Å²) in [6, 6.07) is 11.2. The minimum absolute atomic E-state index is 0.0145. The maximum atomic E-state index is 13.7. The molecule has 5 rings (SSSR count). The van der Waals surface area contributed by atoms with Gasteiger partial charge in [0.25, 0.3) is 5.91 Å². The Morgan fingerprint density at radius 3 is 2.61 bits per heavy atom. The molecule has 7 nitrogen and oxygen atoms in total. The maximum Gasteiger partial charge on any atom is 0.291 e. The number of fused-ring (bicyclic) bond motifs is 2. The zero-order valence-electron chi connectivity index (χ0n) is 18.5. The number of carbonyl (C=O) groups is 1. The van der Waals surface area contributed by atoms with Crippen LogP contribution in [0, 0.1) is 13.8 Å². The van der Waals surface area contributed by atoms with E-state index in [0.29, 0.717) is 28.9 Å². The molecular weight excluding hydrogens is 422 g/mol. The van der Waals surface area contributed by atoms with Crippen molar-refractivity contribution in [3.8, 4) is 11.5 Å². The number of amides is 1. The summed E-state index contributed by atoms with van der Waals surface area (Å²) >= 11 is 0. The summed E-state index contributed by atoms with van der Waals surface area (Å²) < 4.78 is 17.1. The Labute approximate surface area is 189 Å². The van der Waals surface area contributed by atoms with Crippen molar-refractivity contribution in [2.45, 2.75) is 33.4 Å². The molecule has 4 aromatic rings. The van der Waals surface area contributed by atoms with E-state index in [1.165, 1.54) is 12.3 Å². The Hall–Kier alpha value is -4.00. The zero-order chi connectivity index (χ0) is 23.3. The van der Waals surface area contributed by atoms with Crippen molar-refractivity contribution < 1.29 is 23.5 Å². The van der Waals surface area contributed by atoms with E-state index >= 15 is 0 Å². The number of carbonyl (C=O) groups excluding carboxylic acids is 1. The summed E-state index contributed by atoms with van der Waals surface area (Å²) in [5, 5.41) is 10.6. The average molecular weight is 445 g/mol. The number of furan rings is 1. The van der Waals surface area contributed by atoms with Crippen LogP contribution in [0.3, 0.4) is 0 Å². The van der Waals surface area contributed by atoms with Crippen LogP contribution in [0.15, 0.2) is 62.4 Å². The molecule has 1 aliphatic rings. The van der Waals surface area contributed by atoms with E-state index in [4.69, 9.17) is 13.6 Å². The van der Waals surface area contributed by atoms with Gasteiger partial charge in [-0.1, -0.05) is 6.07 Å². The van der Waals surface area contributed by atoms with Gasteiger partial charge >= 0.3 is 0 Å². The SMILES string of the molecule is CCOc1cc(C2c3c(oc4cc(C)c(C)cc4c3=O)C(=O)N2Cc2ccco2)ccc1O. The van der Waals surface area contributed by atoms with Crippen molar-refractivity contribution in [1.82, 2.24) is 4.90 Å². The molecule has 1 N–H and O–H groups in total. The molecule has 2 aromatic carbocycles. The van der Waals surface area contributed by atoms with Crippen LogP contribution in [-0.2, 0) is 6.54 Å². The molecule has 0 aliphatic carbocycles. The molecule has 1 amide bonds. The second-order valence-electron chi connectivity index (χ2n) is 8.18. The number of ether oxygens (including phenoxy) is 1. The van der Waals surface area contributed by atoms with Crippen molar-refractivity contribution >= 4 is 16.9 Å². The summed E-state index contributed by atoms with van der Waals surface area (Å²) in [6.07, 6.45) is 1.54. The lowest BCUT2D eigenvalue weighted by Gasteiger charge is -2.24. The van der Waals surface area contributed by atoms with Gasteiger partial charge in [-0.25, -0.2) is 0 Å². The number of hydrogen-bond acceptors (Lipinski definition) is 6. The molecule has 0 fully saturated rings. The Balaban J connectivity index is 1.75. The first-order valence-electron chi connectivity index (χ1n) is 10.8. The van der Waals surface area contributed by atoms with Crippen LogP contribution in [0.4, 0.5) is 0 Å². The lowest BCUT2D eigenvalue weighted by molar-refractivity contribution is 0.0701. The van der Waals surface area contributed by atoms with Crippen molar-refractivity contribution in [1.29, 1.82) is 0 Å². The van der Waals surface area contributed by atoms with E-state index in [1.54, 1.807) is 41.3 Å². The Bertz CT molecular complexity index is 1430. The first-order valence-corrected chi connectivity index (χ1v) is 10.8. The van der Waals surface area contributed by atoms with Gasteiger partial charge in [-0.05, 0) is 73.9 Å². The molecule has 1 aliphatic heterocycles. The maximum absolute atomic E-state index is 13.7. The largest absolute Gasteiger partial charge is 0.504 e. The third kappa shape index (κ3) is 3.36. The number of phenolic OH excluding ortho intramolecular Hbond substituents is 1. The summed E-state index contributed by atoms with van der Waals surface area (Å²) in [7, 11) is 0. The normalized spacial score (nSPS) is 15.3. The molecular formula is C26H23NO6. The molecule has 0 radical (unpaired) electrons. The van der Waals surface area contributed by atoms with Crippen LogP contribution in [0.5, 0.6) is 11.5 Å². The number of hydrogen-bond donors (Lipinski definition) is 1. The number of benzene rings is 2. The molecule has 1 unspecified atom stereocenters. The highest BCUT2D eigenvalue weighted by Gasteiger charge is 2.43. The number of aryl methyl sites for hydroxylation is 2. The number of phenols is 1. The standard InChI is InChI=1S/C26H23NO6/c1-4-31-21-12-16(7-8-19(21)28)23-22-24(29)18-10-14(2)15(3)11-20(18)33-25(22)26(30)27(23)13-17-6-5-9-32-17/h5-12,23,28H,4,13H2,1-3H3. The topological polar surface area (TPSA) is 93.1 Å². The van der Waals surface area contributed by atoms with E-state index in [-0.39, 0.29) is 34.8 Å². The van der Waals surface area contributed by atoms with E-state index in [1.807, 2.05) is 20.8 Å². The van der Waals surface area contributed by atoms with Crippen LogP contribution in [0.1, 0.15) is 51.5 Å². The predicted molar refractivity (Wildman–Crippen MR) is 122 cm³/mol. The summed E-state index contributed by atoms with van der Waals surface area (Å²) in [6.45, 7) is 6.19. The number of nitrogens with zero attached hydrogens (tertiary/aromatic N) is 1. The molecule has 0 saturated carbocycles. The fraction of sp³-hybridized carbons (Fsp3) is 0.231. The van der Waals surface area contributed by atoms with E-state index in [2.05, 4.69) is 0 Å². The highest BCUT2D eigenvalue weighted by Crippen LogP contribution is 2.41. The minimum atomic E-state index is -0.723. The predicted octanol–water partition coefficient (Wildman–Crippen LogP) is 4.85. The highest BCUT2D eigenvalue weighted by atomic mass is 16.5. The van der Waals surface area contributed by atoms with Gasteiger partial charge in [-0.2, -0.15) is 0 Å². The molecule has 168 valence electrons. The van der Waals surface area contributed by atoms with Crippen LogP contribution < -0.4 is 10.2 Å². The van der Waals surface area contributed by atoms with Gasteiger partial charge in [0, 0.05) is 0 Å². The summed E-state index contributed by atoms with van der Waals surface area (Å²) in [5.74, 6) is 0.478. The van der Waals surface area contributed by atoms with E-state index < -0.39 is 11.9 Å². The van der Waals surface area contributed by atoms with E-state index in [0.717, 1.165) is 11.1 Å². The fourth-order valence-corrected chi connectivity index (χ4v) is 4.33. The third-order valence-electron chi connectivity index (χ3n) is 6.09. The summed E-state index contributed by atoms with van der Waals surface area (Å²) in [5.41, 5.74) is 2.97. The molecule has 0 saturated heterocycles. The molecule has 2 aromatic heterocycles. The smallest absolute Gasteiger partial charge is 0.291 e. The lowest BCUT2D eigenvalue weighted by atomic mass is 9.97. The molecule has 1 atom stereocenters. The quantitative estimate of drug-likeness (QED) is 0.472. The molecule has 0 bridgehead atoms. The Morgan fingerprint density at radius 2 is 1.88 bits per heavy atom. The molecule has 7 heteroatoms. The molecule has 3 heterocycles. The van der Waals surface area contributed by atoms with Gasteiger partial charge < -0.3 is 23.6 Å². The number of rotatable bonds is 5. The fourth-order valence-electron chi connectivity index (χ4n) is 4.33. The minimum Gasteiger partial charge on any atom is -0.504 e. The second-order valence-corrected chi connectivity index (χ2v) is 8.18. The lowest BCUT2D eigenvalue weighted by Crippen LogP contribution is -2.29.